The summed E-state index contributed by atoms with van der Waals surface area (Å²) in [7, 11) is 0. The van der Waals surface area contributed by atoms with E-state index >= 15 is 0 Å². The normalized spacial score (nSPS) is 49.8. The molecule has 0 aromatic rings. The van der Waals surface area contributed by atoms with Crippen LogP contribution in [-0.2, 0) is 61.6 Å². The lowest BCUT2D eigenvalue weighted by Gasteiger charge is -2.44. The Hall–Kier alpha value is -1.65. The number of fused-ring (bicyclic) bond motifs is 3. The van der Waals surface area contributed by atoms with Crippen LogP contribution in [0.3, 0.4) is 0 Å². The molecule has 0 aliphatic carbocycles. The van der Waals surface area contributed by atoms with Crippen LogP contribution in [0.4, 0.5) is 0 Å². The third-order valence-corrected chi connectivity index (χ3v) is 15.5. The largest absolute Gasteiger partial charge is 0.479 e. The Balaban J connectivity index is 0.867. The van der Waals surface area contributed by atoms with Gasteiger partial charge in [-0.3, -0.25) is 0 Å². The van der Waals surface area contributed by atoms with Gasteiger partial charge >= 0.3 is 5.97 Å². The molecule has 7 fully saturated rings. The van der Waals surface area contributed by atoms with E-state index < -0.39 is 255 Å². The van der Waals surface area contributed by atoms with Gasteiger partial charge in [-0.05, 0) is 6.92 Å². The lowest BCUT2D eigenvalue weighted by atomic mass is 9.86. The molecule has 30 nitrogen and oxygen atoms in total. The quantitative estimate of drug-likeness (QED) is 0.0538. The van der Waals surface area contributed by atoms with Crippen molar-refractivity contribution in [2.45, 2.75) is 166 Å². The SMILES string of the molecule is CC1OC(CO)C(O)[C@@H](O)C1COCC1OC(CO)C(COCC2OC(C(=O)O)C(COCC3OC4COC5OC(COCC6OC(CO)C(O)[C@H](O)C6O)C(O)[C@H](O)C5OC[C@H](C3O)C4O)[C@H](O)C2O)[C@H](O)C1O. The molecule has 24 unspecified atom stereocenters. The molecule has 0 saturated carbocycles. The number of aliphatic carboxylic acids is 1. The number of hydrogen-bond acceptors (Lipinski definition) is 29. The van der Waals surface area contributed by atoms with E-state index in [2.05, 4.69) is 0 Å². The summed E-state index contributed by atoms with van der Waals surface area (Å²) in [5.41, 5.74) is 0. The van der Waals surface area contributed by atoms with Crippen molar-refractivity contribution < 1.29 is 148 Å². The third-order valence-electron chi connectivity index (χ3n) is 15.5. The maximum absolute atomic E-state index is 12.5. The molecule has 7 aliphatic heterocycles. The molecular weight excluding hydrogens is 1020 g/mol. The first kappa shape index (κ1) is 61.0. The summed E-state index contributed by atoms with van der Waals surface area (Å²) < 4.78 is 68.7. The zero-order valence-electron chi connectivity index (χ0n) is 40.9. The summed E-state index contributed by atoms with van der Waals surface area (Å²) in [4.78, 5) is 12.5. The van der Waals surface area contributed by atoms with E-state index in [-0.39, 0.29) is 19.8 Å². The van der Waals surface area contributed by atoms with Gasteiger partial charge in [0.25, 0.3) is 0 Å². The van der Waals surface area contributed by atoms with Crippen LogP contribution in [0.1, 0.15) is 6.92 Å². The Labute approximate surface area is 429 Å². The Morgan fingerprint density at radius 1 is 0.400 bits per heavy atom. The molecule has 436 valence electrons. The standard InChI is InChI=1S/C45H76O30/c1-15-16(31(51)34(54)21(3-47)70-15)5-64-10-24-36(56)32(52)17(20(2-46)71-24)6-65-12-26-37(57)33(53)19(42(74-26)44(62)63)7-66-9-23-29(49)18-8-68-43-41(61)39(59)27(75-45(43)69-14-28(73-23)30(18)50)13-67-11-25-38(58)40(60)35(55)22(4-48)72-25/h15-43,45-61H,2-14H2,1H3,(H,62,63)/t15?,16?,17?,18-,19?,20?,21?,22?,23?,24?,25?,26?,27?,28?,29?,30?,31+,32+,33+,34?,35?,36?,37?,38?,39?,40+,41+,42?,43?,45?/m1/s1. The monoisotopic (exact) mass is 1100 g/mol. The molecule has 30 atom stereocenters. The number of carbonyl (C=O) groups is 1. The second-order valence-electron chi connectivity index (χ2n) is 20.4. The third kappa shape index (κ3) is 13.6. The molecule has 7 heterocycles. The van der Waals surface area contributed by atoms with E-state index in [0.29, 0.717) is 0 Å². The van der Waals surface area contributed by atoms with Crippen molar-refractivity contribution in [2.75, 3.05) is 85.9 Å². The van der Waals surface area contributed by atoms with Gasteiger partial charge in [-0.1, -0.05) is 0 Å². The van der Waals surface area contributed by atoms with Gasteiger partial charge in [0, 0.05) is 23.7 Å². The highest BCUT2D eigenvalue weighted by Gasteiger charge is 2.54. The number of carboxylic acids is 1. The van der Waals surface area contributed by atoms with Crippen molar-refractivity contribution in [3.8, 4) is 0 Å². The maximum Gasteiger partial charge on any atom is 0.333 e. The molecular formula is C45H76O30. The highest BCUT2D eigenvalue weighted by molar-refractivity contribution is 5.73. The first-order valence-corrected chi connectivity index (χ1v) is 25.1. The minimum atomic E-state index is -1.78. The van der Waals surface area contributed by atoms with Crippen molar-refractivity contribution >= 4 is 5.97 Å². The Bertz CT molecular complexity index is 1740. The number of ether oxygens (including phenoxy) is 12. The number of carboxylic acid groups (broad SMARTS) is 1. The van der Waals surface area contributed by atoms with Crippen LogP contribution >= 0.6 is 0 Å². The van der Waals surface area contributed by atoms with Gasteiger partial charge < -0.3 is 144 Å². The second kappa shape index (κ2) is 27.2. The van der Waals surface area contributed by atoms with Crippen molar-refractivity contribution in [3.63, 3.8) is 0 Å². The number of aliphatic hydroxyl groups is 16. The molecule has 2 bridgehead atoms. The summed E-state index contributed by atoms with van der Waals surface area (Å²) in [6.07, 6.45) is -36.2. The van der Waals surface area contributed by atoms with E-state index in [9.17, 15) is 91.6 Å². The average molecular weight is 1100 g/mol. The molecule has 17 N–H and O–H groups in total. The fourth-order valence-corrected chi connectivity index (χ4v) is 10.8. The number of aliphatic hydroxyl groups excluding tert-OH is 16. The summed E-state index contributed by atoms with van der Waals surface area (Å²) >= 11 is 0. The molecule has 7 rings (SSSR count). The van der Waals surface area contributed by atoms with Gasteiger partial charge in [-0.15, -0.1) is 0 Å². The zero-order chi connectivity index (χ0) is 54.6. The van der Waals surface area contributed by atoms with Gasteiger partial charge in [0.2, 0.25) is 0 Å². The topological polar surface area (TPSA) is 472 Å². The number of hydrogen-bond donors (Lipinski definition) is 17. The maximum atomic E-state index is 12.5. The smallest absolute Gasteiger partial charge is 0.333 e. The average Bonchev–Trinajstić information content (AvgIpc) is 3.43. The molecule has 0 amide bonds. The Morgan fingerprint density at radius 3 is 1.41 bits per heavy atom. The Morgan fingerprint density at radius 2 is 0.827 bits per heavy atom. The van der Waals surface area contributed by atoms with E-state index in [0.717, 1.165) is 0 Å². The summed E-state index contributed by atoms with van der Waals surface area (Å²) in [6.45, 7) is -4.23. The van der Waals surface area contributed by atoms with Gasteiger partial charge in [0.1, 0.15) is 104 Å². The van der Waals surface area contributed by atoms with Crippen LogP contribution in [0.25, 0.3) is 0 Å². The van der Waals surface area contributed by atoms with Crippen LogP contribution in [0, 0.1) is 23.7 Å². The Kier molecular flexibility index (Phi) is 22.1. The predicted octanol–water partition coefficient (Wildman–Crippen LogP) is -10.7. The summed E-state index contributed by atoms with van der Waals surface area (Å²) in [5, 5.41) is 179. The van der Waals surface area contributed by atoms with Crippen LogP contribution < -0.4 is 0 Å². The van der Waals surface area contributed by atoms with Crippen molar-refractivity contribution in [3.05, 3.63) is 0 Å². The molecule has 0 spiro atoms. The van der Waals surface area contributed by atoms with E-state index in [1.54, 1.807) is 6.92 Å². The first-order valence-electron chi connectivity index (χ1n) is 25.1. The molecule has 0 aromatic heterocycles. The molecule has 30 heteroatoms. The van der Waals surface area contributed by atoms with Crippen LogP contribution in [0.5, 0.6) is 0 Å². The molecule has 7 saturated heterocycles. The van der Waals surface area contributed by atoms with E-state index in [4.69, 9.17) is 56.8 Å². The molecule has 7 aliphatic rings. The van der Waals surface area contributed by atoms with E-state index in [1.807, 2.05) is 0 Å². The number of rotatable bonds is 20. The molecule has 0 aromatic carbocycles. The molecule has 0 radical (unpaired) electrons. The molecule has 75 heavy (non-hydrogen) atoms. The summed E-state index contributed by atoms with van der Waals surface area (Å²) in [6, 6.07) is 0. The van der Waals surface area contributed by atoms with Crippen molar-refractivity contribution in [1.29, 1.82) is 0 Å². The first-order chi connectivity index (χ1) is 35.7. The minimum Gasteiger partial charge on any atom is -0.479 e. The van der Waals surface area contributed by atoms with Crippen molar-refractivity contribution in [2.24, 2.45) is 23.7 Å². The van der Waals surface area contributed by atoms with Gasteiger partial charge in [0.15, 0.2) is 12.4 Å². The van der Waals surface area contributed by atoms with Gasteiger partial charge in [-0.25, -0.2) is 4.79 Å². The van der Waals surface area contributed by atoms with Crippen LogP contribution in [0.2, 0.25) is 0 Å². The minimum absolute atomic E-state index is 0.156. The zero-order valence-corrected chi connectivity index (χ0v) is 40.9. The van der Waals surface area contributed by atoms with Gasteiger partial charge in [-0.2, -0.15) is 0 Å². The van der Waals surface area contributed by atoms with Crippen molar-refractivity contribution in [1.82, 2.24) is 0 Å². The van der Waals surface area contributed by atoms with E-state index in [1.165, 1.54) is 0 Å². The summed E-state index contributed by atoms with van der Waals surface area (Å²) in [5.74, 6) is -5.81. The lowest BCUT2D eigenvalue weighted by molar-refractivity contribution is -0.314. The fraction of sp³-hybridized carbons (Fsp3) is 0.978. The van der Waals surface area contributed by atoms with Crippen LogP contribution in [0.15, 0.2) is 0 Å². The van der Waals surface area contributed by atoms with Gasteiger partial charge in [0.05, 0.1) is 129 Å². The van der Waals surface area contributed by atoms with Crippen LogP contribution in [-0.4, -0.2) is 338 Å². The highest BCUT2D eigenvalue weighted by Crippen LogP contribution is 2.35. The second-order valence-corrected chi connectivity index (χ2v) is 20.4. The predicted molar refractivity (Wildman–Crippen MR) is 238 cm³/mol. The fourth-order valence-electron chi connectivity index (χ4n) is 10.8. The lowest BCUT2D eigenvalue weighted by Crippen LogP contribution is -2.61. The highest BCUT2D eigenvalue weighted by atomic mass is 16.7.